The zero-order valence-corrected chi connectivity index (χ0v) is 12.4. The molecule has 0 bridgehead atoms. The van der Waals surface area contributed by atoms with Crippen LogP contribution in [0.25, 0.3) is 0 Å². The maximum atomic E-state index is 5.58. The lowest BCUT2D eigenvalue weighted by molar-refractivity contribution is -0.147. The minimum atomic E-state index is -0.298. The minimum absolute atomic E-state index is 0.298. The Morgan fingerprint density at radius 1 is 0.947 bits per heavy atom. The molecule has 0 unspecified atom stereocenters. The molecule has 1 fully saturated rings. The third-order valence-electron chi connectivity index (χ3n) is 3.28. The average molecular weight is 264 g/mol. The van der Waals surface area contributed by atoms with Gasteiger partial charge in [0, 0.05) is 6.42 Å². The monoisotopic (exact) mass is 264 g/mol. The largest absolute Gasteiger partial charge is 0.348 e. The van der Waals surface area contributed by atoms with Crippen LogP contribution < -0.4 is 0 Å². The fraction of sp³-hybridized carbons (Fsp3) is 0.647. The van der Waals surface area contributed by atoms with Crippen molar-refractivity contribution in [1.82, 2.24) is 0 Å². The summed E-state index contributed by atoms with van der Waals surface area (Å²) in [5.41, 5.74) is 0. The molecule has 0 N–H and O–H groups in total. The standard InChI is InChI=1S/C17H28O2/c1-3-4-5-6-7-8-9-10-11-12-13-14-17(2)18-15-16-19-17/h3-6,8-9H,7,10-16H2,1-2H3/b4-3-,6-5+,9-8-. The van der Waals surface area contributed by atoms with E-state index in [9.17, 15) is 0 Å². The molecule has 0 spiro atoms. The topological polar surface area (TPSA) is 18.5 Å². The second-order valence-corrected chi connectivity index (χ2v) is 5.09. The van der Waals surface area contributed by atoms with E-state index in [1.807, 2.05) is 13.0 Å². The van der Waals surface area contributed by atoms with Gasteiger partial charge in [-0.05, 0) is 39.5 Å². The molecule has 0 aromatic carbocycles. The highest BCUT2D eigenvalue weighted by Gasteiger charge is 2.29. The van der Waals surface area contributed by atoms with E-state index in [0.717, 1.165) is 26.1 Å². The Balaban J connectivity index is 1.92. The molecule has 1 heterocycles. The maximum absolute atomic E-state index is 5.58. The molecule has 19 heavy (non-hydrogen) atoms. The van der Waals surface area contributed by atoms with E-state index in [1.165, 1.54) is 25.7 Å². The van der Waals surface area contributed by atoms with E-state index in [-0.39, 0.29) is 5.79 Å². The van der Waals surface area contributed by atoms with Crippen LogP contribution in [0, 0.1) is 0 Å². The first-order valence-electron chi connectivity index (χ1n) is 7.47. The van der Waals surface area contributed by atoms with Crippen molar-refractivity contribution in [3.63, 3.8) is 0 Å². The second kappa shape index (κ2) is 9.99. The Morgan fingerprint density at radius 2 is 1.74 bits per heavy atom. The van der Waals surface area contributed by atoms with Crippen molar-refractivity contribution < 1.29 is 9.47 Å². The van der Waals surface area contributed by atoms with Crippen LogP contribution in [0.1, 0.15) is 52.4 Å². The molecule has 1 rings (SSSR count). The summed E-state index contributed by atoms with van der Waals surface area (Å²) in [6, 6.07) is 0. The van der Waals surface area contributed by atoms with E-state index < -0.39 is 0 Å². The molecule has 0 radical (unpaired) electrons. The highest BCUT2D eigenvalue weighted by atomic mass is 16.7. The highest BCUT2D eigenvalue weighted by molar-refractivity contribution is 5.03. The van der Waals surface area contributed by atoms with Gasteiger partial charge in [-0.3, -0.25) is 0 Å². The zero-order chi connectivity index (χ0) is 13.8. The normalized spacial score (nSPS) is 19.3. The van der Waals surface area contributed by atoms with E-state index in [0.29, 0.717) is 0 Å². The van der Waals surface area contributed by atoms with Crippen LogP contribution in [0.4, 0.5) is 0 Å². The Bertz CT molecular complexity index is 296. The van der Waals surface area contributed by atoms with Crippen molar-refractivity contribution in [3.8, 4) is 0 Å². The molecule has 1 aliphatic heterocycles. The predicted molar refractivity (Wildman–Crippen MR) is 81.1 cm³/mol. The molecule has 0 atom stereocenters. The van der Waals surface area contributed by atoms with Gasteiger partial charge >= 0.3 is 0 Å². The van der Waals surface area contributed by atoms with Crippen molar-refractivity contribution in [1.29, 1.82) is 0 Å². The van der Waals surface area contributed by atoms with Crippen LogP contribution in [0.5, 0.6) is 0 Å². The van der Waals surface area contributed by atoms with Crippen molar-refractivity contribution in [3.05, 3.63) is 36.5 Å². The van der Waals surface area contributed by atoms with Crippen LogP contribution in [-0.4, -0.2) is 19.0 Å². The van der Waals surface area contributed by atoms with Gasteiger partial charge in [-0.1, -0.05) is 42.9 Å². The molecular formula is C17H28O2. The van der Waals surface area contributed by atoms with Gasteiger partial charge in [0.25, 0.3) is 0 Å². The summed E-state index contributed by atoms with van der Waals surface area (Å²) >= 11 is 0. The number of allylic oxidation sites excluding steroid dienone is 6. The lowest BCUT2D eigenvalue weighted by Gasteiger charge is -2.21. The van der Waals surface area contributed by atoms with Gasteiger partial charge in [-0.2, -0.15) is 0 Å². The van der Waals surface area contributed by atoms with Gasteiger partial charge in [0.2, 0.25) is 0 Å². The number of rotatable bonds is 9. The van der Waals surface area contributed by atoms with E-state index in [1.54, 1.807) is 0 Å². The van der Waals surface area contributed by atoms with Gasteiger partial charge in [-0.25, -0.2) is 0 Å². The van der Waals surface area contributed by atoms with E-state index in [2.05, 4.69) is 37.3 Å². The summed E-state index contributed by atoms with van der Waals surface area (Å²) in [7, 11) is 0. The third kappa shape index (κ3) is 8.02. The Morgan fingerprint density at radius 3 is 2.47 bits per heavy atom. The Hall–Kier alpha value is -0.860. The summed E-state index contributed by atoms with van der Waals surface area (Å²) in [6.07, 6.45) is 19.8. The van der Waals surface area contributed by atoms with E-state index in [4.69, 9.17) is 9.47 Å². The molecule has 0 aromatic heterocycles. The summed E-state index contributed by atoms with van der Waals surface area (Å²) in [5, 5.41) is 0. The number of unbranched alkanes of at least 4 members (excludes halogenated alkanes) is 3. The Labute approximate surface area is 118 Å². The molecular weight excluding hydrogens is 236 g/mol. The molecule has 108 valence electrons. The number of hydrogen-bond acceptors (Lipinski definition) is 2. The van der Waals surface area contributed by atoms with Crippen molar-refractivity contribution in [2.45, 2.75) is 58.2 Å². The zero-order valence-electron chi connectivity index (χ0n) is 12.4. The molecule has 0 amide bonds. The van der Waals surface area contributed by atoms with Crippen LogP contribution in [0.2, 0.25) is 0 Å². The predicted octanol–water partition coefficient (Wildman–Crippen LogP) is 4.78. The van der Waals surface area contributed by atoms with Gasteiger partial charge in [-0.15, -0.1) is 0 Å². The number of ether oxygens (including phenoxy) is 2. The Kier molecular flexibility index (Phi) is 8.52. The van der Waals surface area contributed by atoms with Crippen LogP contribution >= 0.6 is 0 Å². The molecule has 0 saturated carbocycles. The molecule has 0 aliphatic carbocycles. The van der Waals surface area contributed by atoms with Crippen LogP contribution in [-0.2, 0) is 9.47 Å². The minimum Gasteiger partial charge on any atom is -0.348 e. The first-order chi connectivity index (χ1) is 9.27. The fourth-order valence-corrected chi connectivity index (χ4v) is 2.15. The summed E-state index contributed by atoms with van der Waals surface area (Å²) in [6.45, 7) is 5.58. The molecule has 1 aliphatic rings. The quantitative estimate of drug-likeness (QED) is 0.339. The molecule has 2 heteroatoms. The van der Waals surface area contributed by atoms with Crippen LogP contribution in [0.3, 0.4) is 0 Å². The van der Waals surface area contributed by atoms with E-state index >= 15 is 0 Å². The SMILES string of the molecule is C/C=C\C=C\C/C=C\CCCCCC1(C)OCCO1. The first kappa shape index (κ1) is 16.2. The maximum Gasteiger partial charge on any atom is 0.165 e. The van der Waals surface area contributed by atoms with Crippen molar-refractivity contribution in [2.75, 3.05) is 13.2 Å². The third-order valence-corrected chi connectivity index (χ3v) is 3.28. The lowest BCUT2D eigenvalue weighted by Crippen LogP contribution is -2.24. The smallest absolute Gasteiger partial charge is 0.165 e. The molecule has 1 saturated heterocycles. The highest BCUT2D eigenvalue weighted by Crippen LogP contribution is 2.25. The first-order valence-corrected chi connectivity index (χ1v) is 7.47. The fourth-order valence-electron chi connectivity index (χ4n) is 2.15. The number of hydrogen-bond donors (Lipinski definition) is 0. The summed E-state index contributed by atoms with van der Waals surface area (Å²) < 4.78 is 11.2. The van der Waals surface area contributed by atoms with Gasteiger partial charge in [0.15, 0.2) is 5.79 Å². The van der Waals surface area contributed by atoms with Gasteiger partial charge < -0.3 is 9.47 Å². The second-order valence-electron chi connectivity index (χ2n) is 5.09. The van der Waals surface area contributed by atoms with Gasteiger partial charge in [0.1, 0.15) is 0 Å². The van der Waals surface area contributed by atoms with Crippen molar-refractivity contribution in [2.24, 2.45) is 0 Å². The van der Waals surface area contributed by atoms with Crippen LogP contribution in [0.15, 0.2) is 36.5 Å². The average Bonchev–Trinajstić information content (AvgIpc) is 2.83. The van der Waals surface area contributed by atoms with Crippen molar-refractivity contribution >= 4 is 0 Å². The van der Waals surface area contributed by atoms with Gasteiger partial charge in [0.05, 0.1) is 13.2 Å². The molecule has 2 nitrogen and oxygen atoms in total. The summed E-state index contributed by atoms with van der Waals surface area (Å²) in [4.78, 5) is 0. The summed E-state index contributed by atoms with van der Waals surface area (Å²) in [5.74, 6) is -0.298. The molecule has 0 aromatic rings. The lowest BCUT2D eigenvalue weighted by atomic mass is 10.1.